The quantitative estimate of drug-likeness (QED) is 0.832. The molecule has 1 saturated carbocycles. The van der Waals surface area contributed by atoms with Gasteiger partial charge < -0.3 is 10.2 Å². The molecule has 0 radical (unpaired) electrons. The first-order chi connectivity index (χ1) is 13.1. The van der Waals surface area contributed by atoms with Gasteiger partial charge >= 0.3 is 0 Å². The van der Waals surface area contributed by atoms with E-state index in [4.69, 9.17) is 0 Å². The molecule has 27 heavy (non-hydrogen) atoms. The van der Waals surface area contributed by atoms with Gasteiger partial charge in [-0.3, -0.25) is 14.5 Å². The van der Waals surface area contributed by atoms with Gasteiger partial charge in [0.1, 0.15) is 5.82 Å². The van der Waals surface area contributed by atoms with E-state index in [1.54, 1.807) is 17.0 Å². The average molecular weight is 375 g/mol. The second-order valence-electron chi connectivity index (χ2n) is 7.62. The maximum atomic E-state index is 13.4. The Morgan fingerprint density at radius 3 is 2.52 bits per heavy atom. The van der Waals surface area contributed by atoms with E-state index in [1.165, 1.54) is 25.0 Å². The Labute approximate surface area is 160 Å². The van der Waals surface area contributed by atoms with Crippen molar-refractivity contribution in [1.82, 2.24) is 15.1 Å². The fourth-order valence-electron chi connectivity index (χ4n) is 4.31. The first kappa shape index (κ1) is 19.8. The molecule has 1 aromatic rings. The molecule has 3 rings (SSSR count). The Morgan fingerprint density at radius 2 is 1.89 bits per heavy atom. The van der Waals surface area contributed by atoms with Crippen molar-refractivity contribution < 1.29 is 14.0 Å². The zero-order valence-corrected chi connectivity index (χ0v) is 16.1. The molecular formula is C21H30FN3O2. The molecule has 1 aromatic carbocycles. The van der Waals surface area contributed by atoms with Gasteiger partial charge in [-0.05, 0) is 43.4 Å². The van der Waals surface area contributed by atoms with Gasteiger partial charge in [0.2, 0.25) is 5.91 Å². The third-order valence-electron chi connectivity index (χ3n) is 5.73. The van der Waals surface area contributed by atoms with Crippen molar-refractivity contribution in [3.63, 3.8) is 0 Å². The second-order valence-corrected chi connectivity index (χ2v) is 7.62. The summed E-state index contributed by atoms with van der Waals surface area (Å²) < 4.78 is 13.4. The van der Waals surface area contributed by atoms with Gasteiger partial charge in [-0.15, -0.1) is 0 Å². The van der Waals surface area contributed by atoms with Crippen LogP contribution in [0, 0.1) is 11.7 Å². The third kappa shape index (κ3) is 4.86. The Hall–Kier alpha value is -1.95. The molecule has 1 saturated heterocycles. The van der Waals surface area contributed by atoms with Crippen molar-refractivity contribution in [1.29, 1.82) is 0 Å². The van der Waals surface area contributed by atoms with Crippen LogP contribution in [-0.4, -0.2) is 60.4 Å². The Morgan fingerprint density at radius 1 is 1.19 bits per heavy atom. The first-order valence-electron chi connectivity index (χ1n) is 10.2. The zero-order chi connectivity index (χ0) is 19.2. The highest BCUT2D eigenvalue weighted by Gasteiger charge is 2.37. The van der Waals surface area contributed by atoms with Crippen LogP contribution in [0.2, 0.25) is 0 Å². The topological polar surface area (TPSA) is 52.7 Å². The van der Waals surface area contributed by atoms with Gasteiger partial charge in [-0.25, -0.2) is 4.39 Å². The number of carbonyl (C=O) groups is 2. The molecule has 148 valence electrons. The summed E-state index contributed by atoms with van der Waals surface area (Å²) in [6.45, 7) is 5.27. The van der Waals surface area contributed by atoms with E-state index in [-0.39, 0.29) is 17.9 Å². The predicted molar refractivity (Wildman–Crippen MR) is 103 cm³/mol. The molecule has 1 heterocycles. The standard InChI is InChI=1S/C21H30FN3O2/c1-2-10-23-20(26)19(16-6-3-4-7-16)24-11-13-25(14-12-24)21(27)17-8-5-9-18(22)15-17/h5,8-9,15-16,19H,2-4,6-7,10-14H2,1H3,(H,23,26). The molecule has 2 amide bonds. The first-order valence-corrected chi connectivity index (χ1v) is 10.2. The van der Waals surface area contributed by atoms with E-state index in [0.717, 1.165) is 19.3 Å². The molecule has 1 unspecified atom stereocenters. The molecule has 6 heteroatoms. The van der Waals surface area contributed by atoms with E-state index in [9.17, 15) is 14.0 Å². The van der Waals surface area contributed by atoms with Crippen molar-refractivity contribution in [3.05, 3.63) is 35.6 Å². The van der Waals surface area contributed by atoms with Crippen molar-refractivity contribution in [2.24, 2.45) is 5.92 Å². The largest absolute Gasteiger partial charge is 0.355 e. The van der Waals surface area contributed by atoms with Crippen LogP contribution < -0.4 is 5.32 Å². The number of piperazine rings is 1. The van der Waals surface area contributed by atoms with Crippen molar-refractivity contribution in [2.45, 2.75) is 45.1 Å². The van der Waals surface area contributed by atoms with Crippen molar-refractivity contribution >= 4 is 11.8 Å². The highest BCUT2D eigenvalue weighted by Crippen LogP contribution is 2.31. The molecule has 1 N–H and O–H groups in total. The molecule has 0 bridgehead atoms. The summed E-state index contributed by atoms with van der Waals surface area (Å²) in [6.07, 6.45) is 5.53. The number of halogens is 1. The number of nitrogens with zero attached hydrogens (tertiary/aromatic N) is 2. The molecule has 5 nitrogen and oxygen atoms in total. The summed E-state index contributed by atoms with van der Waals surface area (Å²) >= 11 is 0. The van der Waals surface area contributed by atoms with Gasteiger partial charge in [-0.1, -0.05) is 25.8 Å². The van der Waals surface area contributed by atoms with Gasteiger partial charge in [0.15, 0.2) is 0 Å². The maximum Gasteiger partial charge on any atom is 0.254 e. The van der Waals surface area contributed by atoms with Crippen LogP contribution in [0.5, 0.6) is 0 Å². The maximum absolute atomic E-state index is 13.4. The third-order valence-corrected chi connectivity index (χ3v) is 5.73. The monoisotopic (exact) mass is 375 g/mol. The Balaban J connectivity index is 1.62. The molecular weight excluding hydrogens is 345 g/mol. The van der Waals surface area contributed by atoms with E-state index >= 15 is 0 Å². The minimum absolute atomic E-state index is 0.0922. The van der Waals surface area contributed by atoms with E-state index in [0.29, 0.717) is 44.2 Å². The number of benzene rings is 1. The highest BCUT2D eigenvalue weighted by atomic mass is 19.1. The lowest BCUT2D eigenvalue weighted by molar-refractivity contribution is -0.129. The van der Waals surface area contributed by atoms with Crippen molar-refractivity contribution in [3.8, 4) is 0 Å². The van der Waals surface area contributed by atoms with Crippen molar-refractivity contribution in [2.75, 3.05) is 32.7 Å². The summed E-state index contributed by atoms with van der Waals surface area (Å²) in [5.41, 5.74) is 0.386. The van der Waals surface area contributed by atoms with Crippen LogP contribution in [0.1, 0.15) is 49.4 Å². The normalized spacial score (nSPS) is 19.9. The van der Waals surface area contributed by atoms with Crippen LogP contribution in [0.3, 0.4) is 0 Å². The van der Waals surface area contributed by atoms with Gasteiger partial charge in [0.05, 0.1) is 6.04 Å². The molecule has 0 aromatic heterocycles. The zero-order valence-electron chi connectivity index (χ0n) is 16.1. The highest BCUT2D eigenvalue weighted by molar-refractivity contribution is 5.94. The minimum atomic E-state index is -0.395. The van der Waals surface area contributed by atoms with Crippen LogP contribution in [0.25, 0.3) is 0 Å². The van der Waals surface area contributed by atoms with Crippen LogP contribution in [0.15, 0.2) is 24.3 Å². The van der Waals surface area contributed by atoms with Crippen LogP contribution >= 0.6 is 0 Å². The molecule has 2 fully saturated rings. The lowest BCUT2D eigenvalue weighted by atomic mass is 9.95. The van der Waals surface area contributed by atoms with Crippen LogP contribution in [-0.2, 0) is 4.79 Å². The molecule has 2 aliphatic rings. The summed E-state index contributed by atoms with van der Waals surface area (Å²) in [7, 11) is 0. The van der Waals surface area contributed by atoms with Gasteiger partial charge in [-0.2, -0.15) is 0 Å². The molecule has 1 aliphatic heterocycles. The number of rotatable bonds is 6. The smallest absolute Gasteiger partial charge is 0.254 e. The second kappa shape index (κ2) is 9.31. The summed E-state index contributed by atoms with van der Waals surface area (Å²) in [5.74, 6) is 0.0105. The number of hydrogen-bond donors (Lipinski definition) is 1. The molecule has 0 spiro atoms. The number of amides is 2. The Kier molecular flexibility index (Phi) is 6.83. The van der Waals surface area contributed by atoms with Gasteiger partial charge in [0, 0.05) is 38.3 Å². The summed E-state index contributed by atoms with van der Waals surface area (Å²) in [6, 6.07) is 5.75. The van der Waals surface area contributed by atoms with E-state index in [2.05, 4.69) is 17.1 Å². The molecule has 1 atom stereocenters. The summed E-state index contributed by atoms with van der Waals surface area (Å²) in [5, 5.41) is 3.07. The SMILES string of the molecule is CCCNC(=O)C(C1CCCC1)N1CCN(C(=O)c2cccc(F)c2)CC1. The Bertz CT molecular complexity index is 653. The van der Waals surface area contributed by atoms with E-state index in [1.807, 2.05) is 0 Å². The predicted octanol–water partition coefficient (Wildman–Crippen LogP) is 2.67. The number of carbonyl (C=O) groups excluding carboxylic acids is 2. The summed E-state index contributed by atoms with van der Waals surface area (Å²) in [4.78, 5) is 29.4. The average Bonchev–Trinajstić information content (AvgIpc) is 3.21. The molecule has 1 aliphatic carbocycles. The van der Waals surface area contributed by atoms with Gasteiger partial charge in [0.25, 0.3) is 5.91 Å². The fourth-order valence-corrected chi connectivity index (χ4v) is 4.31. The number of nitrogens with one attached hydrogen (secondary N) is 1. The minimum Gasteiger partial charge on any atom is -0.355 e. The van der Waals surface area contributed by atoms with Crippen LogP contribution in [0.4, 0.5) is 4.39 Å². The number of hydrogen-bond acceptors (Lipinski definition) is 3. The lowest BCUT2D eigenvalue weighted by Crippen LogP contribution is -2.58. The lowest BCUT2D eigenvalue weighted by Gasteiger charge is -2.40. The van der Waals surface area contributed by atoms with E-state index < -0.39 is 5.82 Å². The fraction of sp³-hybridized carbons (Fsp3) is 0.619.